The van der Waals surface area contributed by atoms with Crippen LogP contribution in [0.4, 0.5) is 4.79 Å². The molecule has 0 aliphatic heterocycles. The summed E-state index contributed by atoms with van der Waals surface area (Å²) in [5.41, 5.74) is 0. The van der Waals surface area contributed by atoms with Gasteiger partial charge in [0.1, 0.15) is 5.76 Å². The first-order chi connectivity index (χ1) is 9.06. The largest absolute Gasteiger partial charge is 0.475 e. The lowest BCUT2D eigenvalue weighted by atomic mass is 10.1. The Morgan fingerprint density at radius 1 is 1.42 bits per heavy atom. The molecule has 0 spiro atoms. The third-order valence-corrected chi connectivity index (χ3v) is 3.31. The molecule has 0 aromatic carbocycles. The molecule has 104 valence electrons. The van der Waals surface area contributed by atoms with E-state index in [4.69, 9.17) is 9.52 Å². The number of hydrogen-bond donors (Lipinski definition) is 3. The minimum atomic E-state index is -1.12. The van der Waals surface area contributed by atoms with Crippen LogP contribution in [0.5, 0.6) is 0 Å². The van der Waals surface area contributed by atoms with Crippen molar-refractivity contribution in [3.8, 4) is 0 Å². The van der Waals surface area contributed by atoms with Crippen LogP contribution in [0.2, 0.25) is 0 Å². The first kappa shape index (κ1) is 13.5. The molecular formula is C13H18N2O4. The zero-order valence-corrected chi connectivity index (χ0v) is 10.8. The zero-order chi connectivity index (χ0) is 13.8. The van der Waals surface area contributed by atoms with Crippen LogP contribution in [0.1, 0.15) is 36.1 Å². The van der Waals surface area contributed by atoms with Crippen molar-refractivity contribution in [1.82, 2.24) is 10.6 Å². The van der Waals surface area contributed by atoms with Crippen LogP contribution in [0.15, 0.2) is 16.5 Å². The van der Waals surface area contributed by atoms with E-state index in [0.717, 1.165) is 5.92 Å². The molecule has 1 aliphatic rings. The fraction of sp³-hybridized carbons (Fsp3) is 0.538. The maximum absolute atomic E-state index is 11.5. The quantitative estimate of drug-likeness (QED) is 0.732. The van der Waals surface area contributed by atoms with Crippen molar-refractivity contribution in [2.45, 2.75) is 26.3 Å². The van der Waals surface area contributed by atoms with Gasteiger partial charge >= 0.3 is 12.0 Å². The Kier molecular flexibility index (Phi) is 4.09. The number of carboxylic acids is 1. The molecule has 3 N–H and O–H groups in total. The second kappa shape index (κ2) is 5.77. The van der Waals surface area contributed by atoms with Crippen LogP contribution in [-0.2, 0) is 6.54 Å². The SMILES string of the molecule is CC(CNC(=O)NCc1ccc(C(=O)O)o1)C1CC1. The molecule has 1 unspecified atom stereocenters. The van der Waals surface area contributed by atoms with E-state index in [1.807, 2.05) is 0 Å². The van der Waals surface area contributed by atoms with Gasteiger partial charge in [-0.05, 0) is 36.8 Å². The Balaban J connectivity index is 1.68. The highest BCUT2D eigenvalue weighted by Crippen LogP contribution is 2.35. The topological polar surface area (TPSA) is 91.6 Å². The average molecular weight is 266 g/mol. The number of carbonyl (C=O) groups is 2. The lowest BCUT2D eigenvalue weighted by Crippen LogP contribution is -2.37. The van der Waals surface area contributed by atoms with Crippen LogP contribution in [-0.4, -0.2) is 23.7 Å². The molecule has 0 bridgehead atoms. The van der Waals surface area contributed by atoms with Crippen LogP contribution >= 0.6 is 0 Å². The lowest BCUT2D eigenvalue weighted by molar-refractivity contribution is 0.0660. The highest BCUT2D eigenvalue weighted by molar-refractivity contribution is 5.84. The Morgan fingerprint density at radius 2 is 2.16 bits per heavy atom. The van der Waals surface area contributed by atoms with Gasteiger partial charge in [0.15, 0.2) is 0 Å². The van der Waals surface area contributed by atoms with Crippen LogP contribution in [0, 0.1) is 11.8 Å². The summed E-state index contributed by atoms with van der Waals surface area (Å²) in [5.74, 6) is 0.438. The number of amides is 2. The third kappa shape index (κ3) is 4.01. The monoisotopic (exact) mass is 266 g/mol. The highest BCUT2D eigenvalue weighted by Gasteiger charge is 2.27. The first-order valence-electron chi connectivity index (χ1n) is 6.40. The molecule has 1 fully saturated rings. The molecule has 19 heavy (non-hydrogen) atoms. The van der Waals surface area contributed by atoms with Gasteiger partial charge in [-0.2, -0.15) is 0 Å². The summed E-state index contributed by atoms with van der Waals surface area (Å²) in [5, 5.41) is 14.1. The first-order valence-corrected chi connectivity index (χ1v) is 6.40. The van der Waals surface area contributed by atoms with Gasteiger partial charge in [-0.15, -0.1) is 0 Å². The lowest BCUT2D eigenvalue weighted by Gasteiger charge is -2.11. The van der Waals surface area contributed by atoms with E-state index in [2.05, 4.69) is 17.6 Å². The van der Waals surface area contributed by atoms with Crippen LogP contribution in [0.3, 0.4) is 0 Å². The van der Waals surface area contributed by atoms with Gasteiger partial charge in [-0.1, -0.05) is 6.92 Å². The van der Waals surface area contributed by atoms with Gasteiger partial charge in [0.25, 0.3) is 0 Å². The summed E-state index contributed by atoms with van der Waals surface area (Å²) in [7, 11) is 0. The minimum absolute atomic E-state index is 0.125. The Bertz CT molecular complexity index is 465. The van der Waals surface area contributed by atoms with Crippen molar-refractivity contribution < 1.29 is 19.1 Å². The summed E-state index contributed by atoms with van der Waals surface area (Å²) in [6.45, 7) is 2.97. The van der Waals surface area contributed by atoms with Gasteiger partial charge in [0, 0.05) is 6.54 Å². The maximum atomic E-state index is 11.5. The summed E-state index contributed by atoms with van der Waals surface area (Å²) < 4.78 is 5.03. The number of carboxylic acid groups (broad SMARTS) is 1. The molecule has 2 amide bonds. The molecule has 0 radical (unpaired) electrons. The molecule has 6 nitrogen and oxygen atoms in total. The van der Waals surface area contributed by atoms with E-state index >= 15 is 0 Å². The predicted octanol–water partition coefficient (Wildman–Crippen LogP) is 1.82. The van der Waals surface area contributed by atoms with Gasteiger partial charge in [-0.3, -0.25) is 0 Å². The molecule has 1 atom stereocenters. The number of nitrogens with one attached hydrogen (secondary N) is 2. The Hall–Kier alpha value is -1.98. The smallest absolute Gasteiger partial charge is 0.371 e. The van der Waals surface area contributed by atoms with Gasteiger partial charge in [0.2, 0.25) is 5.76 Å². The molecule has 1 saturated carbocycles. The third-order valence-electron chi connectivity index (χ3n) is 3.31. The van der Waals surface area contributed by atoms with Crippen LogP contribution in [0.25, 0.3) is 0 Å². The molecule has 6 heteroatoms. The number of carbonyl (C=O) groups excluding carboxylic acids is 1. The van der Waals surface area contributed by atoms with E-state index in [-0.39, 0.29) is 18.3 Å². The summed E-state index contributed by atoms with van der Waals surface area (Å²) in [6, 6.07) is 2.64. The van der Waals surface area contributed by atoms with Gasteiger partial charge in [0.05, 0.1) is 6.54 Å². The normalized spacial score (nSPS) is 15.8. The molecule has 2 rings (SSSR count). The van der Waals surface area contributed by atoms with E-state index in [1.165, 1.54) is 25.0 Å². The molecule has 1 aliphatic carbocycles. The minimum Gasteiger partial charge on any atom is -0.475 e. The van der Waals surface area contributed by atoms with E-state index in [0.29, 0.717) is 18.2 Å². The Labute approximate surface area is 111 Å². The van der Waals surface area contributed by atoms with Crippen molar-refractivity contribution in [3.63, 3.8) is 0 Å². The van der Waals surface area contributed by atoms with Crippen molar-refractivity contribution in [2.75, 3.05) is 6.54 Å². The van der Waals surface area contributed by atoms with Gasteiger partial charge in [-0.25, -0.2) is 9.59 Å². The number of rotatable bonds is 6. The van der Waals surface area contributed by atoms with E-state index in [1.54, 1.807) is 0 Å². The number of urea groups is 1. The molecule has 0 saturated heterocycles. The van der Waals surface area contributed by atoms with Gasteiger partial charge < -0.3 is 20.2 Å². The Morgan fingerprint density at radius 3 is 2.74 bits per heavy atom. The molecule has 1 aromatic heterocycles. The molecule has 1 heterocycles. The predicted molar refractivity (Wildman–Crippen MR) is 67.8 cm³/mol. The standard InChI is InChI=1S/C13H18N2O4/c1-8(9-2-3-9)6-14-13(18)15-7-10-4-5-11(19-10)12(16)17/h4-5,8-9H,2-3,6-7H2,1H3,(H,16,17)(H2,14,15,18). The fourth-order valence-corrected chi connectivity index (χ4v) is 1.90. The van der Waals surface area contributed by atoms with Crippen molar-refractivity contribution in [3.05, 3.63) is 23.7 Å². The second-order valence-corrected chi connectivity index (χ2v) is 4.95. The summed E-state index contributed by atoms with van der Waals surface area (Å²) in [6.07, 6.45) is 2.52. The van der Waals surface area contributed by atoms with E-state index in [9.17, 15) is 9.59 Å². The van der Waals surface area contributed by atoms with Crippen molar-refractivity contribution in [1.29, 1.82) is 0 Å². The summed E-state index contributed by atoms with van der Waals surface area (Å²) in [4.78, 5) is 22.1. The zero-order valence-electron chi connectivity index (χ0n) is 10.8. The van der Waals surface area contributed by atoms with Crippen molar-refractivity contribution in [2.24, 2.45) is 11.8 Å². The van der Waals surface area contributed by atoms with Crippen LogP contribution < -0.4 is 10.6 Å². The van der Waals surface area contributed by atoms with E-state index < -0.39 is 5.97 Å². The molecule has 1 aromatic rings. The number of hydrogen-bond acceptors (Lipinski definition) is 3. The second-order valence-electron chi connectivity index (χ2n) is 4.95. The summed E-state index contributed by atoms with van der Waals surface area (Å²) >= 11 is 0. The average Bonchev–Trinajstić information content (AvgIpc) is 3.12. The number of aromatic carboxylic acids is 1. The maximum Gasteiger partial charge on any atom is 0.371 e. The van der Waals surface area contributed by atoms with Crippen molar-refractivity contribution >= 4 is 12.0 Å². The highest BCUT2D eigenvalue weighted by atomic mass is 16.4. The number of furan rings is 1. The molecular weight excluding hydrogens is 248 g/mol. The fourth-order valence-electron chi connectivity index (χ4n) is 1.90.